The van der Waals surface area contributed by atoms with Crippen LogP contribution < -0.4 is 0 Å². The number of benzene rings is 2. The maximum absolute atomic E-state index is 12.6. The fourth-order valence-corrected chi connectivity index (χ4v) is 4.11. The second-order valence-electron chi connectivity index (χ2n) is 5.72. The van der Waals surface area contributed by atoms with Crippen LogP contribution in [0.25, 0.3) is 5.57 Å². The first kappa shape index (κ1) is 19.1. The molecule has 0 saturated carbocycles. The number of halogens is 2. The highest BCUT2D eigenvalue weighted by Crippen LogP contribution is 2.41. The molecule has 0 spiro atoms. The number of aromatic hydroxyl groups is 1. The van der Waals surface area contributed by atoms with Crippen LogP contribution in [0.4, 0.5) is 0 Å². The Morgan fingerprint density at radius 1 is 1.15 bits per heavy atom. The summed E-state index contributed by atoms with van der Waals surface area (Å²) in [7, 11) is 0. The van der Waals surface area contributed by atoms with E-state index in [-0.39, 0.29) is 11.7 Å². The lowest BCUT2D eigenvalue weighted by Gasteiger charge is -2.27. The van der Waals surface area contributed by atoms with Crippen molar-refractivity contribution in [3.8, 4) is 5.75 Å². The average Bonchev–Trinajstić information content (AvgIpc) is 2.65. The van der Waals surface area contributed by atoms with Crippen LogP contribution in [0.5, 0.6) is 5.75 Å². The van der Waals surface area contributed by atoms with Gasteiger partial charge in [-0.3, -0.25) is 4.79 Å². The van der Waals surface area contributed by atoms with Gasteiger partial charge in [0.1, 0.15) is 5.75 Å². The molecule has 1 fully saturated rings. The second-order valence-corrected chi connectivity index (χ2v) is 7.59. The fourth-order valence-electron chi connectivity index (χ4n) is 2.59. The third-order valence-corrected chi connectivity index (χ3v) is 6.02. The van der Waals surface area contributed by atoms with Crippen molar-refractivity contribution in [1.29, 1.82) is 0 Å². The van der Waals surface area contributed by atoms with Crippen LogP contribution in [0.15, 0.2) is 52.8 Å². The molecule has 136 valence electrons. The normalized spacial score (nSPS) is 14.3. The smallest absolute Gasteiger partial charge is 0.254 e. The molecule has 1 saturated heterocycles. The number of morpholine rings is 1. The summed E-state index contributed by atoms with van der Waals surface area (Å²) in [5.41, 5.74) is 0.834. The highest BCUT2D eigenvalue weighted by molar-refractivity contribution is 7.99. The van der Waals surface area contributed by atoms with Gasteiger partial charge in [0.05, 0.1) is 23.3 Å². The number of carbonyl (C=O) groups is 1. The number of amides is 1. The summed E-state index contributed by atoms with van der Waals surface area (Å²) in [5.74, 6) is 0.0120. The summed E-state index contributed by atoms with van der Waals surface area (Å²) in [6, 6.07) is 10.4. The highest BCUT2D eigenvalue weighted by atomic mass is 35.5. The molecule has 0 aliphatic carbocycles. The van der Waals surface area contributed by atoms with Crippen molar-refractivity contribution in [1.82, 2.24) is 4.90 Å². The summed E-state index contributed by atoms with van der Waals surface area (Å²) in [4.78, 5) is 15.9. The van der Waals surface area contributed by atoms with Gasteiger partial charge < -0.3 is 14.7 Å². The molecule has 1 heterocycles. The lowest BCUT2D eigenvalue weighted by atomic mass is 10.1. The number of phenols is 1. The predicted octanol–water partition coefficient (Wildman–Crippen LogP) is 4.72. The zero-order chi connectivity index (χ0) is 18.7. The Hall–Kier alpha value is -1.66. The summed E-state index contributed by atoms with van der Waals surface area (Å²) in [6.07, 6.45) is 0. The van der Waals surface area contributed by atoms with Gasteiger partial charge in [-0.2, -0.15) is 0 Å². The van der Waals surface area contributed by atoms with E-state index in [0.717, 1.165) is 9.79 Å². The van der Waals surface area contributed by atoms with E-state index >= 15 is 0 Å². The Bertz CT molecular complexity index is 851. The molecule has 7 heteroatoms. The van der Waals surface area contributed by atoms with Crippen molar-refractivity contribution in [2.75, 3.05) is 26.3 Å². The SMILES string of the molecule is C=C(C(=O)N1CCOCC1)c1ccc(Sc2cccc(O)c2)c(Cl)c1Cl. The average molecular weight is 410 g/mol. The summed E-state index contributed by atoms with van der Waals surface area (Å²) >= 11 is 14.2. The standard InChI is InChI=1S/C19H17Cl2NO3S/c1-12(19(24)22-7-9-25-10-8-22)15-5-6-16(18(21)17(15)20)26-14-4-2-3-13(23)11-14/h2-6,11,23H,1,7-10H2. The van der Waals surface area contributed by atoms with Crippen molar-refractivity contribution in [2.45, 2.75) is 9.79 Å². The molecule has 1 amide bonds. The molecule has 1 aliphatic rings. The van der Waals surface area contributed by atoms with E-state index in [0.29, 0.717) is 47.5 Å². The Balaban J connectivity index is 1.82. The molecule has 0 bridgehead atoms. The molecule has 1 N–H and O–H groups in total. The zero-order valence-corrected chi connectivity index (χ0v) is 16.2. The van der Waals surface area contributed by atoms with Gasteiger partial charge in [0.2, 0.25) is 0 Å². The molecule has 1 aliphatic heterocycles. The molecule has 3 rings (SSSR count). The summed E-state index contributed by atoms with van der Waals surface area (Å²) in [6.45, 7) is 6.03. The monoisotopic (exact) mass is 409 g/mol. The van der Waals surface area contributed by atoms with E-state index in [1.165, 1.54) is 11.8 Å². The fraction of sp³-hybridized carbons (Fsp3) is 0.211. The largest absolute Gasteiger partial charge is 0.508 e. The van der Waals surface area contributed by atoms with Crippen LogP contribution in [-0.4, -0.2) is 42.2 Å². The molecule has 0 radical (unpaired) electrons. The Kier molecular flexibility index (Phi) is 6.14. The number of phenolic OH excluding ortho intramolecular Hbond substituents is 1. The van der Waals surface area contributed by atoms with E-state index in [9.17, 15) is 9.90 Å². The Labute approximate surface area is 166 Å². The lowest BCUT2D eigenvalue weighted by Crippen LogP contribution is -2.40. The van der Waals surface area contributed by atoms with Crippen LogP contribution in [-0.2, 0) is 9.53 Å². The summed E-state index contributed by atoms with van der Waals surface area (Å²) in [5, 5.41) is 10.2. The Morgan fingerprint density at radius 3 is 2.58 bits per heavy atom. The lowest BCUT2D eigenvalue weighted by molar-refractivity contribution is -0.128. The minimum Gasteiger partial charge on any atom is -0.508 e. The minimum atomic E-state index is -0.167. The van der Waals surface area contributed by atoms with Crippen molar-refractivity contribution in [2.24, 2.45) is 0 Å². The molecule has 2 aromatic carbocycles. The van der Waals surface area contributed by atoms with Gasteiger partial charge in [0.25, 0.3) is 5.91 Å². The number of rotatable bonds is 4. The van der Waals surface area contributed by atoms with Crippen molar-refractivity contribution < 1.29 is 14.6 Å². The second kappa shape index (κ2) is 8.35. The highest BCUT2D eigenvalue weighted by Gasteiger charge is 2.23. The minimum absolute atomic E-state index is 0.167. The van der Waals surface area contributed by atoms with Gasteiger partial charge in [-0.25, -0.2) is 0 Å². The van der Waals surface area contributed by atoms with Gasteiger partial charge >= 0.3 is 0 Å². The van der Waals surface area contributed by atoms with Crippen molar-refractivity contribution in [3.05, 3.63) is 58.6 Å². The van der Waals surface area contributed by atoms with Gasteiger partial charge in [-0.15, -0.1) is 0 Å². The van der Waals surface area contributed by atoms with Crippen LogP contribution >= 0.6 is 35.0 Å². The molecule has 26 heavy (non-hydrogen) atoms. The van der Waals surface area contributed by atoms with Crippen LogP contribution in [0, 0.1) is 0 Å². The number of carbonyl (C=O) groups excluding carboxylic acids is 1. The zero-order valence-electron chi connectivity index (χ0n) is 13.9. The van der Waals surface area contributed by atoms with E-state index in [4.69, 9.17) is 27.9 Å². The summed E-state index contributed by atoms with van der Waals surface area (Å²) < 4.78 is 5.27. The molecular formula is C19H17Cl2NO3S. The first-order valence-corrected chi connectivity index (χ1v) is 9.56. The van der Waals surface area contributed by atoms with Gasteiger partial charge in [-0.1, -0.05) is 53.7 Å². The maximum Gasteiger partial charge on any atom is 0.254 e. The molecule has 0 unspecified atom stereocenters. The third-order valence-electron chi connectivity index (χ3n) is 3.97. The van der Waals surface area contributed by atoms with Gasteiger partial charge in [0, 0.05) is 34.0 Å². The van der Waals surface area contributed by atoms with Crippen molar-refractivity contribution >= 4 is 46.4 Å². The van der Waals surface area contributed by atoms with Crippen LogP contribution in [0.1, 0.15) is 5.56 Å². The number of hydrogen-bond acceptors (Lipinski definition) is 4. The van der Waals surface area contributed by atoms with Gasteiger partial charge in [-0.05, 0) is 24.3 Å². The third kappa shape index (κ3) is 4.18. The number of ether oxygens (including phenoxy) is 1. The predicted molar refractivity (Wildman–Crippen MR) is 105 cm³/mol. The first-order chi connectivity index (χ1) is 12.5. The van der Waals surface area contributed by atoms with Crippen LogP contribution in [0.2, 0.25) is 10.0 Å². The molecule has 4 nitrogen and oxygen atoms in total. The topological polar surface area (TPSA) is 49.8 Å². The van der Waals surface area contributed by atoms with E-state index in [1.54, 1.807) is 35.2 Å². The molecule has 2 aromatic rings. The molecule has 0 aromatic heterocycles. The molecular weight excluding hydrogens is 393 g/mol. The maximum atomic E-state index is 12.6. The van der Waals surface area contributed by atoms with Gasteiger partial charge in [0.15, 0.2) is 0 Å². The first-order valence-electron chi connectivity index (χ1n) is 7.98. The van der Waals surface area contributed by atoms with Crippen LogP contribution in [0.3, 0.4) is 0 Å². The Morgan fingerprint density at radius 2 is 1.88 bits per heavy atom. The quantitative estimate of drug-likeness (QED) is 0.741. The number of hydrogen-bond donors (Lipinski definition) is 1. The van der Waals surface area contributed by atoms with E-state index in [2.05, 4.69) is 6.58 Å². The van der Waals surface area contributed by atoms with E-state index in [1.807, 2.05) is 6.07 Å². The number of nitrogens with zero attached hydrogens (tertiary/aromatic N) is 1. The van der Waals surface area contributed by atoms with Crippen molar-refractivity contribution in [3.63, 3.8) is 0 Å². The van der Waals surface area contributed by atoms with E-state index < -0.39 is 0 Å². The molecule has 0 atom stereocenters.